The van der Waals surface area contributed by atoms with Crippen LogP contribution in [0, 0.1) is 0 Å². The predicted octanol–water partition coefficient (Wildman–Crippen LogP) is 7.57. The second-order valence-electron chi connectivity index (χ2n) is 7.84. The minimum Gasteiger partial charge on any atom is -0.494 e. The van der Waals surface area contributed by atoms with E-state index in [1.54, 1.807) is 0 Å². The van der Waals surface area contributed by atoms with Crippen LogP contribution in [0.4, 0.5) is 0 Å². The third-order valence-corrected chi connectivity index (χ3v) is 5.30. The van der Waals surface area contributed by atoms with Crippen LogP contribution in [0.25, 0.3) is 11.4 Å². The number of hydrogen-bond donors (Lipinski definition) is 0. The maximum atomic E-state index is 5.86. The maximum absolute atomic E-state index is 5.86. The lowest BCUT2D eigenvalue weighted by Crippen LogP contribution is -2.00. The van der Waals surface area contributed by atoms with Gasteiger partial charge in [0.25, 0.3) is 0 Å². The van der Waals surface area contributed by atoms with Gasteiger partial charge in [0.2, 0.25) is 0 Å². The third kappa shape index (κ3) is 8.00. The molecule has 0 radical (unpaired) electrons. The lowest BCUT2D eigenvalue weighted by molar-refractivity contribution is 0.304. The molecule has 2 aromatic rings. The first kappa shape index (κ1) is 22.4. The van der Waals surface area contributed by atoms with Gasteiger partial charge in [0.15, 0.2) is 5.82 Å². The van der Waals surface area contributed by atoms with Gasteiger partial charge in [-0.25, -0.2) is 9.97 Å². The van der Waals surface area contributed by atoms with Gasteiger partial charge in [-0.2, -0.15) is 0 Å². The quantitative estimate of drug-likeness (QED) is 0.316. The first-order chi connectivity index (χ1) is 13.7. The second-order valence-corrected chi connectivity index (χ2v) is 7.84. The van der Waals surface area contributed by atoms with E-state index >= 15 is 0 Å². The molecule has 0 aliphatic rings. The molecule has 0 saturated carbocycles. The van der Waals surface area contributed by atoms with E-state index in [2.05, 4.69) is 44.0 Å². The van der Waals surface area contributed by atoms with Gasteiger partial charge in [-0.1, -0.05) is 72.1 Å². The fourth-order valence-corrected chi connectivity index (χ4v) is 3.41. The van der Waals surface area contributed by atoms with Gasteiger partial charge < -0.3 is 4.74 Å². The van der Waals surface area contributed by atoms with Crippen molar-refractivity contribution in [3.63, 3.8) is 0 Å². The van der Waals surface area contributed by atoms with Crippen molar-refractivity contribution in [2.45, 2.75) is 90.9 Å². The summed E-state index contributed by atoms with van der Waals surface area (Å²) in [5.74, 6) is 2.22. The summed E-state index contributed by atoms with van der Waals surface area (Å²) in [6.45, 7) is 7.57. The molecular formula is C25H38N2O. The normalized spacial score (nSPS) is 12.1. The van der Waals surface area contributed by atoms with Crippen molar-refractivity contribution in [2.24, 2.45) is 0 Å². The number of ether oxygens (including phenoxy) is 1. The molecule has 0 aliphatic heterocycles. The summed E-state index contributed by atoms with van der Waals surface area (Å²) in [6.07, 6.45) is 14.6. The van der Waals surface area contributed by atoms with Crippen LogP contribution in [-0.2, 0) is 0 Å². The highest BCUT2D eigenvalue weighted by molar-refractivity contribution is 5.56. The molecule has 154 valence electrons. The maximum Gasteiger partial charge on any atom is 0.159 e. The second kappa shape index (κ2) is 13.3. The molecule has 0 amide bonds. The Morgan fingerprint density at radius 2 is 1.50 bits per heavy atom. The zero-order valence-electron chi connectivity index (χ0n) is 18.1. The lowest BCUT2D eigenvalue weighted by Gasteiger charge is -2.12. The first-order valence-electron chi connectivity index (χ1n) is 11.3. The molecule has 0 bridgehead atoms. The zero-order chi connectivity index (χ0) is 20.0. The molecule has 0 saturated heterocycles. The van der Waals surface area contributed by atoms with Crippen LogP contribution in [0.1, 0.15) is 96.6 Å². The number of nitrogens with zero attached hydrogens (tertiary/aromatic N) is 2. The van der Waals surface area contributed by atoms with E-state index in [1.165, 1.54) is 57.8 Å². The Kier molecular flexibility index (Phi) is 10.6. The highest BCUT2D eigenvalue weighted by Gasteiger charge is 2.09. The van der Waals surface area contributed by atoms with E-state index in [0.29, 0.717) is 5.92 Å². The van der Waals surface area contributed by atoms with Crippen LogP contribution >= 0.6 is 0 Å². The molecule has 1 heterocycles. The fraction of sp³-hybridized carbons (Fsp3) is 0.600. The Bertz CT molecular complexity index is 654. The van der Waals surface area contributed by atoms with Gasteiger partial charge in [0.1, 0.15) is 5.75 Å². The summed E-state index contributed by atoms with van der Waals surface area (Å²) in [6, 6.07) is 10.3. The Hall–Kier alpha value is -1.90. The Morgan fingerprint density at radius 1 is 0.821 bits per heavy atom. The van der Waals surface area contributed by atoms with E-state index in [9.17, 15) is 0 Å². The average molecular weight is 383 g/mol. The molecule has 2 rings (SSSR count). The van der Waals surface area contributed by atoms with E-state index in [-0.39, 0.29) is 0 Å². The van der Waals surface area contributed by atoms with E-state index < -0.39 is 0 Å². The SMILES string of the molecule is CCCCCCCOc1ccc(-c2nccc(C(C)CCCCCC)n2)cc1. The molecule has 1 unspecified atom stereocenters. The molecule has 1 aromatic heterocycles. The van der Waals surface area contributed by atoms with Gasteiger partial charge in [-0.15, -0.1) is 0 Å². The van der Waals surface area contributed by atoms with Crippen LogP contribution in [-0.4, -0.2) is 16.6 Å². The Balaban J connectivity index is 1.85. The molecule has 28 heavy (non-hydrogen) atoms. The number of benzene rings is 1. The van der Waals surface area contributed by atoms with Gasteiger partial charge in [0.05, 0.1) is 6.61 Å². The van der Waals surface area contributed by atoms with Crippen LogP contribution in [0.2, 0.25) is 0 Å². The standard InChI is InChI=1S/C25H38N2O/c1-4-6-8-10-12-20-28-23-16-14-22(15-17-23)25-26-19-18-24(27-25)21(3)13-11-9-7-5-2/h14-19,21H,4-13,20H2,1-3H3. The number of aromatic nitrogens is 2. The highest BCUT2D eigenvalue weighted by atomic mass is 16.5. The number of unbranched alkanes of at least 4 members (excludes halogenated alkanes) is 7. The van der Waals surface area contributed by atoms with Crippen molar-refractivity contribution in [1.82, 2.24) is 9.97 Å². The number of rotatable bonds is 14. The van der Waals surface area contributed by atoms with Crippen LogP contribution in [0.3, 0.4) is 0 Å². The predicted molar refractivity (Wildman–Crippen MR) is 119 cm³/mol. The first-order valence-corrected chi connectivity index (χ1v) is 11.3. The van der Waals surface area contributed by atoms with Crippen LogP contribution in [0.15, 0.2) is 36.5 Å². The Labute approximate surface area is 172 Å². The van der Waals surface area contributed by atoms with Crippen molar-refractivity contribution in [1.29, 1.82) is 0 Å². The zero-order valence-corrected chi connectivity index (χ0v) is 18.1. The van der Waals surface area contributed by atoms with Crippen LogP contribution in [0.5, 0.6) is 5.75 Å². The van der Waals surface area contributed by atoms with E-state index in [0.717, 1.165) is 35.9 Å². The average Bonchev–Trinajstić information content (AvgIpc) is 2.74. The summed E-state index contributed by atoms with van der Waals surface area (Å²) in [7, 11) is 0. The Morgan fingerprint density at radius 3 is 2.21 bits per heavy atom. The molecule has 0 fully saturated rings. The molecule has 3 nitrogen and oxygen atoms in total. The summed E-state index contributed by atoms with van der Waals surface area (Å²) < 4.78 is 5.86. The van der Waals surface area contributed by atoms with Crippen molar-refractivity contribution in [3.8, 4) is 17.1 Å². The number of hydrogen-bond acceptors (Lipinski definition) is 3. The summed E-state index contributed by atoms with van der Waals surface area (Å²) in [5, 5.41) is 0. The van der Waals surface area contributed by atoms with Gasteiger partial charge >= 0.3 is 0 Å². The summed E-state index contributed by atoms with van der Waals surface area (Å²) in [4.78, 5) is 9.31. The van der Waals surface area contributed by atoms with Gasteiger partial charge in [0, 0.05) is 17.5 Å². The molecule has 0 spiro atoms. The smallest absolute Gasteiger partial charge is 0.159 e. The summed E-state index contributed by atoms with van der Waals surface area (Å²) in [5.41, 5.74) is 2.20. The van der Waals surface area contributed by atoms with E-state index in [4.69, 9.17) is 9.72 Å². The molecule has 0 N–H and O–H groups in total. The van der Waals surface area contributed by atoms with E-state index in [1.807, 2.05) is 18.3 Å². The lowest BCUT2D eigenvalue weighted by atomic mass is 9.99. The van der Waals surface area contributed by atoms with Crippen molar-refractivity contribution in [2.75, 3.05) is 6.61 Å². The van der Waals surface area contributed by atoms with Crippen molar-refractivity contribution < 1.29 is 4.74 Å². The third-order valence-electron chi connectivity index (χ3n) is 5.30. The largest absolute Gasteiger partial charge is 0.494 e. The highest BCUT2D eigenvalue weighted by Crippen LogP contribution is 2.24. The molecule has 1 atom stereocenters. The molecule has 1 aromatic carbocycles. The van der Waals surface area contributed by atoms with Crippen molar-refractivity contribution in [3.05, 3.63) is 42.2 Å². The topological polar surface area (TPSA) is 35.0 Å². The monoisotopic (exact) mass is 382 g/mol. The molecule has 0 aliphatic carbocycles. The van der Waals surface area contributed by atoms with Crippen LogP contribution < -0.4 is 4.74 Å². The summed E-state index contributed by atoms with van der Waals surface area (Å²) >= 11 is 0. The fourth-order valence-electron chi connectivity index (χ4n) is 3.41. The molecular weight excluding hydrogens is 344 g/mol. The minimum absolute atomic E-state index is 0.480. The van der Waals surface area contributed by atoms with Gasteiger partial charge in [-0.05, 0) is 49.1 Å². The van der Waals surface area contributed by atoms with Crippen molar-refractivity contribution >= 4 is 0 Å². The minimum atomic E-state index is 0.480. The van der Waals surface area contributed by atoms with Gasteiger partial charge in [-0.3, -0.25) is 0 Å². The molecule has 3 heteroatoms.